The van der Waals surface area contributed by atoms with E-state index in [9.17, 15) is 0 Å². The summed E-state index contributed by atoms with van der Waals surface area (Å²) < 4.78 is 0. The Morgan fingerprint density at radius 1 is 1.11 bits per heavy atom. The molecule has 0 unspecified atom stereocenters. The third kappa shape index (κ3) is 7.75. The van der Waals surface area contributed by atoms with Crippen LogP contribution in [0.2, 0.25) is 0 Å². The van der Waals surface area contributed by atoms with Crippen molar-refractivity contribution in [3.63, 3.8) is 0 Å². The quantitative estimate of drug-likeness (QED) is 0.323. The number of thiazole rings is 1. The summed E-state index contributed by atoms with van der Waals surface area (Å²) in [6.07, 6.45) is 0. The molecule has 0 saturated carbocycles. The van der Waals surface area contributed by atoms with Gasteiger partial charge in [-0.2, -0.15) is 0 Å². The fourth-order valence-electron chi connectivity index (χ4n) is 2.93. The summed E-state index contributed by atoms with van der Waals surface area (Å²) in [5.74, 6) is 0.814. The molecular formula is C20H32IN5S. The number of nitrogens with one attached hydrogen (secondary N) is 2. The van der Waals surface area contributed by atoms with E-state index < -0.39 is 0 Å². The highest BCUT2D eigenvalue weighted by Gasteiger charge is 2.12. The van der Waals surface area contributed by atoms with Gasteiger partial charge >= 0.3 is 0 Å². The smallest absolute Gasteiger partial charge is 0.191 e. The molecule has 1 heterocycles. The molecule has 0 radical (unpaired) electrons. The second-order valence-electron chi connectivity index (χ2n) is 6.77. The summed E-state index contributed by atoms with van der Waals surface area (Å²) in [4.78, 5) is 11.5. The van der Waals surface area contributed by atoms with Gasteiger partial charge in [0.2, 0.25) is 0 Å². The van der Waals surface area contributed by atoms with Crippen LogP contribution in [-0.2, 0) is 6.54 Å². The lowest BCUT2D eigenvalue weighted by atomic mass is 10.2. The highest BCUT2D eigenvalue weighted by atomic mass is 127. The Morgan fingerprint density at radius 3 is 2.37 bits per heavy atom. The molecule has 5 nitrogen and oxygen atoms in total. The van der Waals surface area contributed by atoms with E-state index in [1.807, 2.05) is 18.2 Å². The van der Waals surface area contributed by atoms with Gasteiger partial charge in [0.25, 0.3) is 0 Å². The van der Waals surface area contributed by atoms with Crippen LogP contribution in [0.1, 0.15) is 32.7 Å². The van der Waals surface area contributed by atoms with E-state index in [0.29, 0.717) is 18.6 Å². The number of rotatable bonds is 8. The number of hydrogen-bond acceptors (Lipinski definition) is 4. The predicted molar refractivity (Wildman–Crippen MR) is 128 cm³/mol. The van der Waals surface area contributed by atoms with Gasteiger partial charge in [-0.15, -0.1) is 35.3 Å². The minimum atomic E-state index is 0. The summed E-state index contributed by atoms with van der Waals surface area (Å²) in [6, 6.07) is 11.3. The molecule has 2 aromatic rings. The first kappa shape index (κ1) is 23.8. The van der Waals surface area contributed by atoms with Crippen molar-refractivity contribution in [2.24, 2.45) is 4.99 Å². The molecule has 0 atom stereocenters. The molecule has 0 aliphatic heterocycles. The van der Waals surface area contributed by atoms with Crippen LogP contribution in [0.25, 0.3) is 11.3 Å². The van der Waals surface area contributed by atoms with Crippen molar-refractivity contribution in [1.29, 1.82) is 0 Å². The maximum absolute atomic E-state index is 4.71. The van der Waals surface area contributed by atoms with E-state index in [4.69, 9.17) is 4.98 Å². The molecule has 0 bridgehead atoms. The van der Waals surface area contributed by atoms with E-state index in [0.717, 1.165) is 35.3 Å². The molecular weight excluding hydrogens is 469 g/mol. The Bertz CT molecular complexity index is 677. The monoisotopic (exact) mass is 501 g/mol. The highest BCUT2D eigenvalue weighted by Crippen LogP contribution is 2.21. The van der Waals surface area contributed by atoms with Crippen LogP contribution in [0, 0.1) is 0 Å². The Morgan fingerprint density at radius 2 is 1.78 bits per heavy atom. The van der Waals surface area contributed by atoms with Crippen LogP contribution in [0.3, 0.4) is 0 Å². The molecule has 2 N–H and O–H groups in total. The van der Waals surface area contributed by atoms with Crippen LogP contribution >= 0.6 is 35.3 Å². The van der Waals surface area contributed by atoms with Crippen LogP contribution in [0.4, 0.5) is 0 Å². The lowest BCUT2D eigenvalue weighted by Gasteiger charge is -2.30. The molecule has 0 aliphatic carbocycles. The maximum Gasteiger partial charge on any atom is 0.191 e. The van der Waals surface area contributed by atoms with Crippen LogP contribution in [0.5, 0.6) is 0 Å². The predicted octanol–water partition coefficient (Wildman–Crippen LogP) is 4.21. The topological polar surface area (TPSA) is 52.6 Å². The third-order valence-corrected chi connectivity index (χ3v) is 5.09. The van der Waals surface area contributed by atoms with Crippen molar-refractivity contribution >= 4 is 41.3 Å². The van der Waals surface area contributed by atoms with Crippen molar-refractivity contribution in [2.75, 3.05) is 20.1 Å². The summed E-state index contributed by atoms with van der Waals surface area (Å²) in [7, 11) is 1.80. The second-order valence-corrected chi connectivity index (χ2v) is 7.71. The van der Waals surface area contributed by atoms with Crippen molar-refractivity contribution in [1.82, 2.24) is 20.5 Å². The third-order valence-electron chi connectivity index (χ3n) is 4.24. The van der Waals surface area contributed by atoms with Gasteiger partial charge in [-0.1, -0.05) is 30.3 Å². The zero-order valence-corrected chi connectivity index (χ0v) is 20.0. The number of halogens is 1. The number of benzene rings is 1. The van der Waals surface area contributed by atoms with Crippen molar-refractivity contribution in [2.45, 2.75) is 46.3 Å². The lowest BCUT2D eigenvalue weighted by molar-refractivity contribution is 0.178. The van der Waals surface area contributed by atoms with E-state index in [2.05, 4.69) is 65.7 Å². The number of aliphatic imine (C=N–C) groups is 1. The summed E-state index contributed by atoms with van der Waals surface area (Å²) in [6.45, 7) is 11.5. The minimum Gasteiger partial charge on any atom is -0.355 e. The van der Waals surface area contributed by atoms with Crippen LogP contribution < -0.4 is 10.6 Å². The maximum atomic E-state index is 4.71. The van der Waals surface area contributed by atoms with E-state index >= 15 is 0 Å². The molecule has 7 heteroatoms. The fraction of sp³-hybridized carbons (Fsp3) is 0.500. The van der Waals surface area contributed by atoms with Gasteiger partial charge in [-0.05, 0) is 27.7 Å². The first-order valence-corrected chi connectivity index (χ1v) is 10.1. The SMILES string of the molecule is CN=C(NCCN(C(C)C)C(C)C)NCc1nc(-c2ccccc2)cs1.I. The molecule has 27 heavy (non-hydrogen) atoms. The number of hydrogen-bond donors (Lipinski definition) is 2. The normalized spacial score (nSPS) is 11.8. The fourth-order valence-corrected chi connectivity index (χ4v) is 3.67. The Kier molecular flexibility index (Phi) is 10.9. The average Bonchev–Trinajstić information content (AvgIpc) is 3.10. The van der Waals surface area contributed by atoms with Gasteiger partial charge in [0.1, 0.15) is 5.01 Å². The average molecular weight is 501 g/mol. The molecule has 2 rings (SSSR count). The molecule has 0 aliphatic rings. The number of aromatic nitrogens is 1. The van der Waals surface area contributed by atoms with Crippen molar-refractivity contribution < 1.29 is 0 Å². The number of guanidine groups is 1. The van der Waals surface area contributed by atoms with Gasteiger partial charge in [0.15, 0.2) is 5.96 Å². The zero-order valence-electron chi connectivity index (χ0n) is 16.9. The molecule has 150 valence electrons. The summed E-state index contributed by atoms with van der Waals surface area (Å²) in [5, 5.41) is 9.90. The molecule has 0 amide bonds. The van der Waals surface area contributed by atoms with E-state index in [1.54, 1.807) is 18.4 Å². The molecule has 1 aromatic carbocycles. The van der Waals surface area contributed by atoms with Gasteiger partial charge in [-0.25, -0.2) is 4.98 Å². The number of nitrogens with zero attached hydrogens (tertiary/aromatic N) is 3. The second kappa shape index (κ2) is 12.3. The zero-order chi connectivity index (χ0) is 18.9. The van der Waals surface area contributed by atoms with E-state index in [-0.39, 0.29) is 24.0 Å². The largest absolute Gasteiger partial charge is 0.355 e. The highest BCUT2D eigenvalue weighted by molar-refractivity contribution is 14.0. The molecule has 0 fully saturated rings. The van der Waals surface area contributed by atoms with Crippen molar-refractivity contribution in [3.05, 3.63) is 40.7 Å². The first-order valence-electron chi connectivity index (χ1n) is 9.21. The van der Waals surface area contributed by atoms with Gasteiger partial charge in [0, 0.05) is 43.2 Å². The Balaban J connectivity index is 0.00000364. The molecule has 1 aromatic heterocycles. The van der Waals surface area contributed by atoms with Crippen molar-refractivity contribution in [3.8, 4) is 11.3 Å². The Labute approximate surface area is 184 Å². The Hall–Kier alpha value is -1.19. The summed E-state index contributed by atoms with van der Waals surface area (Å²) in [5.41, 5.74) is 2.18. The molecule has 0 saturated heterocycles. The van der Waals surface area contributed by atoms with Gasteiger partial charge < -0.3 is 10.6 Å². The van der Waals surface area contributed by atoms with Gasteiger partial charge in [0.05, 0.1) is 12.2 Å². The van der Waals surface area contributed by atoms with Crippen LogP contribution in [-0.4, -0.2) is 48.1 Å². The standard InChI is InChI=1S/C20H31N5S.HI/c1-15(2)25(16(3)4)12-11-22-20(21-5)23-13-19-24-18(14-26-19)17-9-7-6-8-10-17;/h6-10,14-16H,11-13H2,1-5H3,(H2,21,22,23);1H. The van der Waals surface area contributed by atoms with Crippen LogP contribution in [0.15, 0.2) is 40.7 Å². The first-order chi connectivity index (χ1) is 12.5. The minimum absolute atomic E-state index is 0. The van der Waals surface area contributed by atoms with E-state index in [1.165, 1.54) is 0 Å². The van der Waals surface area contributed by atoms with Gasteiger partial charge in [-0.3, -0.25) is 9.89 Å². The molecule has 0 spiro atoms. The lowest BCUT2D eigenvalue weighted by Crippen LogP contribution is -2.45. The summed E-state index contributed by atoms with van der Waals surface area (Å²) >= 11 is 1.67.